The average molecular weight is 482 g/mol. The predicted molar refractivity (Wildman–Crippen MR) is 133 cm³/mol. The summed E-state index contributed by atoms with van der Waals surface area (Å²) in [5, 5.41) is 16.7. The quantitative estimate of drug-likeness (QED) is 0.277. The number of aryl methyl sites for hydroxylation is 1. The minimum atomic E-state index is -0.867. The number of rotatable bonds is 9. The van der Waals surface area contributed by atoms with Crippen LogP contribution in [0.15, 0.2) is 79.3 Å². The predicted octanol–water partition coefficient (Wildman–Crippen LogP) is 2.56. The summed E-state index contributed by atoms with van der Waals surface area (Å²) in [7, 11) is 0. The number of pyridine rings is 1. The van der Waals surface area contributed by atoms with E-state index in [2.05, 4.69) is 31.1 Å². The highest BCUT2D eigenvalue weighted by Crippen LogP contribution is 2.17. The van der Waals surface area contributed by atoms with E-state index in [0.29, 0.717) is 17.5 Å². The van der Waals surface area contributed by atoms with Crippen LogP contribution in [-0.2, 0) is 16.0 Å². The van der Waals surface area contributed by atoms with E-state index in [-0.39, 0.29) is 12.2 Å². The van der Waals surface area contributed by atoms with Gasteiger partial charge in [-0.2, -0.15) is 4.68 Å². The van der Waals surface area contributed by atoms with Crippen LogP contribution >= 0.6 is 0 Å². The molecule has 10 nitrogen and oxygen atoms in total. The molecule has 0 spiro atoms. The van der Waals surface area contributed by atoms with Gasteiger partial charge < -0.3 is 10.6 Å². The monoisotopic (exact) mass is 481 g/mol. The largest absolute Gasteiger partial charge is 0.340 e. The summed E-state index contributed by atoms with van der Waals surface area (Å²) >= 11 is 0. The summed E-state index contributed by atoms with van der Waals surface area (Å²) in [6, 6.07) is 17.3. The third kappa shape index (κ3) is 6.32. The molecule has 1 atom stereocenters. The van der Waals surface area contributed by atoms with Crippen molar-refractivity contribution in [2.75, 3.05) is 5.32 Å². The summed E-state index contributed by atoms with van der Waals surface area (Å²) in [5.41, 5.74) is 3.72. The topological polar surface area (TPSA) is 132 Å². The molecule has 2 N–H and O–H groups in total. The first-order valence-corrected chi connectivity index (χ1v) is 11.1. The molecule has 0 radical (unpaired) electrons. The summed E-state index contributed by atoms with van der Waals surface area (Å²) in [4.78, 5) is 40.8. The molecule has 0 saturated carbocycles. The van der Waals surface area contributed by atoms with Crippen molar-refractivity contribution in [3.63, 3.8) is 0 Å². The van der Waals surface area contributed by atoms with Gasteiger partial charge in [0.1, 0.15) is 18.2 Å². The molecule has 0 saturated heterocycles. The van der Waals surface area contributed by atoms with Crippen LogP contribution in [0.2, 0.25) is 0 Å². The molecule has 0 unspecified atom stereocenters. The number of carbonyl (C=O) groups is 3. The molecule has 180 valence electrons. The fourth-order valence-corrected chi connectivity index (χ4v) is 3.49. The van der Waals surface area contributed by atoms with Crippen LogP contribution in [0, 0.1) is 6.92 Å². The SMILES string of the molecule is Cc1ccc(-n2cnnn2)c(/C=C/C(=O)N[C@@H](Cc2ccccc2)C(=O)Nc2ccc(C=O)cn2)c1. The first-order chi connectivity index (χ1) is 17.5. The maximum atomic E-state index is 13.1. The summed E-state index contributed by atoms with van der Waals surface area (Å²) in [6.07, 6.45) is 6.79. The fraction of sp³-hybridized carbons (Fsp3) is 0.115. The lowest BCUT2D eigenvalue weighted by molar-refractivity contribution is -0.123. The van der Waals surface area contributed by atoms with Crippen LogP contribution in [0.1, 0.15) is 27.0 Å². The minimum Gasteiger partial charge on any atom is -0.340 e. The van der Waals surface area contributed by atoms with Crippen LogP contribution in [0.3, 0.4) is 0 Å². The number of amides is 2. The zero-order chi connectivity index (χ0) is 25.3. The van der Waals surface area contributed by atoms with Gasteiger partial charge in [-0.05, 0) is 53.3 Å². The van der Waals surface area contributed by atoms with Gasteiger partial charge in [0.15, 0.2) is 6.29 Å². The molecule has 10 heteroatoms. The molecule has 0 aliphatic rings. The van der Waals surface area contributed by atoms with Gasteiger partial charge in [0, 0.05) is 29.8 Å². The van der Waals surface area contributed by atoms with Crippen molar-refractivity contribution in [1.29, 1.82) is 0 Å². The normalized spacial score (nSPS) is 11.7. The zero-order valence-electron chi connectivity index (χ0n) is 19.4. The third-order valence-corrected chi connectivity index (χ3v) is 5.28. The Morgan fingerprint density at radius 1 is 1.08 bits per heavy atom. The number of hydrogen-bond acceptors (Lipinski definition) is 7. The molecule has 2 amide bonds. The third-order valence-electron chi connectivity index (χ3n) is 5.28. The molecule has 0 bridgehead atoms. The maximum absolute atomic E-state index is 13.1. The first kappa shape index (κ1) is 24.1. The van der Waals surface area contributed by atoms with Gasteiger partial charge in [-0.3, -0.25) is 14.4 Å². The van der Waals surface area contributed by atoms with Gasteiger partial charge in [-0.1, -0.05) is 42.0 Å². The van der Waals surface area contributed by atoms with Crippen molar-refractivity contribution in [3.8, 4) is 5.69 Å². The average Bonchev–Trinajstić information content (AvgIpc) is 3.43. The Morgan fingerprint density at radius 3 is 2.61 bits per heavy atom. The molecule has 4 aromatic rings. The summed E-state index contributed by atoms with van der Waals surface area (Å²) in [5.74, 6) is -0.601. The van der Waals surface area contributed by atoms with Gasteiger partial charge in [0.05, 0.1) is 5.69 Å². The summed E-state index contributed by atoms with van der Waals surface area (Å²) < 4.78 is 1.51. The molecule has 0 fully saturated rings. The van der Waals surface area contributed by atoms with E-state index in [1.54, 1.807) is 12.1 Å². The lowest BCUT2D eigenvalue weighted by Gasteiger charge is -2.18. The van der Waals surface area contributed by atoms with Gasteiger partial charge >= 0.3 is 0 Å². The van der Waals surface area contributed by atoms with Crippen molar-refractivity contribution in [2.45, 2.75) is 19.4 Å². The Bertz CT molecular complexity index is 1370. The Labute approximate surface area is 207 Å². The maximum Gasteiger partial charge on any atom is 0.248 e. The van der Waals surface area contributed by atoms with Crippen molar-refractivity contribution < 1.29 is 14.4 Å². The number of anilines is 1. The van der Waals surface area contributed by atoms with Crippen molar-refractivity contribution in [2.24, 2.45) is 0 Å². The first-order valence-electron chi connectivity index (χ1n) is 11.1. The van der Waals surface area contributed by atoms with Crippen molar-refractivity contribution >= 4 is 30.0 Å². The number of hydrogen-bond donors (Lipinski definition) is 2. The second-order valence-corrected chi connectivity index (χ2v) is 7.98. The molecule has 2 heterocycles. The molecular formula is C26H23N7O3. The van der Waals surface area contributed by atoms with E-state index >= 15 is 0 Å². The molecule has 36 heavy (non-hydrogen) atoms. The number of nitrogens with zero attached hydrogens (tertiary/aromatic N) is 5. The standard InChI is InChI=1S/C26H23N7O3/c1-18-7-10-23(33-17-28-31-32-33)21(13-18)9-12-25(35)29-22(14-19-5-3-2-4-6-19)26(36)30-24-11-8-20(16-34)15-27-24/h2-13,15-17,22H,14H2,1H3,(H,29,35)(H,27,30,36)/b12-9+/t22-/m0/s1. The number of aldehydes is 1. The number of benzene rings is 2. The Hall–Kier alpha value is -4.99. The lowest BCUT2D eigenvalue weighted by atomic mass is 10.0. The molecule has 0 aliphatic carbocycles. The molecule has 2 aromatic heterocycles. The van der Waals surface area contributed by atoms with Crippen LogP contribution in [0.4, 0.5) is 5.82 Å². The Kier molecular flexibility index (Phi) is 7.66. The second-order valence-electron chi connectivity index (χ2n) is 7.98. The van der Waals surface area contributed by atoms with E-state index in [4.69, 9.17) is 0 Å². The van der Waals surface area contributed by atoms with E-state index < -0.39 is 17.9 Å². The molecule has 0 aliphatic heterocycles. The number of aromatic nitrogens is 5. The number of nitrogens with one attached hydrogen (secondary N) is 2. The zero-order valence-corrected chi connectivity index (χ0v) is 19.4. The molecule has 4 rings (SSSR count). The van der Waals surface area contributed by atoms with Gasteiger partial charge in [0.2, 0.25) is 11.8 Å². The smallest absolute Gasteiger partial charge is 0.248 e. The van der Waals surface area contributed by atoms with Crippen LogP contribution in [0.25, 0.3) is 11.8 Å². The summed E-state index contributed by atoms with van der Waals surface area (Å²) in [6.45, 7) is 1.94. The second kappa shape index (κ2) is 11.4. The minimum absolute atomic E-state index is 0.277. The van der Waals surface area contributed by atoms with Gasteiger partial charge in [-0.25, -0.2) is 4.98 Å². The van der Waals surface area contributed by atoms with Gasteiger partial charge in [-0.15, -0.1) is 5.10 Å². The van der Waals surface area contributed by atoms with Crippen LogP contribution < -0.4 is 10.6 Å². The van der Waals surface area contributed by atoms with E-state index in [9.17, 15) is 14.4 Å². The van der Waals surface area contributed by atoms with Crippen molar-refractivity contribution in [1.82, 2.24) is 30.5 Å². The number of tetrazole rings is 1. The van der Waals surface area contributed by atoms with E-state index in [1.165, 1.54) is 29.3 Å². The van der Waals surface area contributed by atoms with Gasteiger partial charge in [0.25, 0.3) is 0 Å². The highest BCUT2D eigenvalue weighted by molar-refractivity contribution is 6.00. The molecular weight excluding hydrogens is 458 g/mol. The van der Waals surface area contributed by atoms with Crippen LogP contribution in [-0.4, -0.2) is 49.3 Å². The number of carbonyl (C=O) groups excluding carboxylic acids is 3. The highest BCUT2D eigenvalue weighted by atomic mass is 16.2. The van der Waals surface area contributed by atoms with Crippen LogP contribution in [0.5, 0.6) is 0 Å². The molecule has 2 aromatic carbocycles. The Morgan fingerprint density at radius 2 is 1.92 bits per heavy atom. The highest BCUT2D eigenvalue weighted by Gasteiger charge is 2.21. The van der Waals surface area contributed by atoms with E-state index in [0.717, 1.165) is 16.7 Å². The van der Waals surface area contributed by atoms with E-state index in [1.807, 2.05) is 55.5 Å². The lowest BCUT2D eigenvalue weighted by Crippen LogP contribution is -2.44. The fourth-order valence-electron chi connectivity index (χ4n) is 3.49. The van der Waals surface area contributed by atoms with Crippen molar-refractivity contribution in [3.05, 3.63) is 102 Å². The Balaban J connectivity index is 1.52.